The van der Waals surface area contributed by atoms with E-state index in [9.17, 15) is 0 Å². The monoisotopic (exact) mass is 288 g/mol. The summed E-state index contributed by atoms with van der Waals surface area (Å²) in [6.07, 6.45) is 1.55. The average Bonchev–Trinajstić information content (AvgIpc) is 2.98. The third-order valence-corrected chi connectivity index (χ3v) is 4.95. The van der Waals surface area contributed by atoms with Crippen LogP contribution in [0.25, 0.3) is 10.2 Å². The van der Waals surface area contributed by atoms with Crippen molar-refractivity contribution >= 4 is 38.7 Å². The fourth-order valence-corrected chi connectivity index (χ4v) is 3.51. The van der Waals surface area contributed by atoms with E-state index in [1.54, 1.807) is 29.0 Å². The van der Waals surface area contributed by atoms with Crippen molar-refractivity contribution in [3.05, 3.63) is 39.2 Å². The number of hydrogen-bond acceptors (Lipinski definition) is 6. The standard InChI is InChI=1S/C13H12N4S2/c1-8-3-4-18-10(8)5-16-17-13-12-11(14-7-15-13)9(2)6-19-12/h3-4,6-7H,5H2,1-2H3. The summed E-state index contributed by atoms with van der Waals surface area (Å²) in [6.45, 7) is 4.74. The number of nitrogens with zero attached hydrogens (tertiary/aromatic N) is 4. The summed E-state index contributed by atoms with van der Waals surface area (Å²) in [6, 6.07) is 2.10. The van der Waals surface area contributed by atoms with Crippen LogP contribution >= 0.6 is 22.7 Å². The van der Waals surface area contributed by atoms with Gasteiger partial charge in [0.2, 0.25) is 0 Å². The maximum Gasteiger partial charge on any atom is 0.195 e. The van der Waals surface area contributed by atoms with Gasteiger partial charge in [0.25, 0.3) is 0 Å². The van der Waals surface area contributed by atoms with Gasteiger partial charge in [-0.05, 0) is 41.8 Å². The van der Waals surface area contributed by atoms with Crippen molar-refractivity contribution in [3.8, 4) is 0 Å². The molecule has 0 atom stereocenters. The first-order valence-electron chi connectivity index (χ1n) is 5.85. The third kappa shape index (κ3) is 2.41. The molecule has 19 heavy (non-hydrogen) atoms. The van der Waals surface area contributed by atoms with Crippen LogP contribution in [0.3, 0.4) is 0 Å². The van der Waals surface area contributed by atoms with Gasteiger partial charge in [-0.3, -0.25) is 0 Å². The van der Waals surface area contributed by atoms with Crippen molar-refractivity contribution in [2.24, 2.45) is 10.2 Å². The Hall–Kier alpha value is -1.66. The Balaban J connectivity index is 1.87. The Kier molecular flexibility index (Phi) is 3.35. The summed E-state index contributed by atoms with van der Waals surface area (Å²) in [5.41, 5.74) is 3.40. The van der Waals surface area contributed by atoms with Crippen molar-refractivity contribution in [1.82, 2.24) is 9.97 Å². The number of aromatic nitrogens is 2. The van der Waals surface area contributed by atoms with Gasteiger partial charge >= 0.3 is 0 Å². The Morgan fingerprint density at radius 1 is 1.16 bits per heavy atom. The minimum absolute atomic E-state index is 0.610. The Morgan fingerprint density at radius 2 is 2.05 bits per heavy atom. The van der Waals surface area contributed by atoms with E-state index in [2.05, 4.69) is 43.9 Å². The molecular formula is C13H12N4S2. The lowest BCUT2D eigenvalue weighted by atomic mass is 10.3. The molecule has 96 valence electrons. The van der Waals surface area contributed by atoms with Gasteiger partial charge in [0.15, 0.2) is 5.82 Å². The van der Waals surface area contributed by atoms with E-state index >= 15 is 0 Å². The van der Waals surface area contributed by atoms with Crippen LogP contribution in [0.4, 0.5) is 5.82 Å². The zero-order chi connectivity index (χ0) is 13.2. The van der Waals surface area contributed by atoms with Crippen LogP contribution in [0, 0.1) is 13.8 Å². The van der Waals surface area contributed by atoms with Crippen LogP contribution in [0.15, 0.2) is 33.4 Å². The van der Waals surface area contributed by atoms with Crippen LogP contribution < -0.4 is 0 Å². The lowest BCUT2D eigenvalue weighted by Crippen LogP contribution is -1.81. The zero-order valence-corrected chi connectivity index (χ0v) is 12.3. The molecule has 0 saturated carbocycles. The molecule has 6 heteroatoms. The first-order chi connectivity index (χ1) is 9.25. The molecule has 3 aromatic heterocycles. The lowest BCUT2D eigenvalue weighted by Gasteiger charge is -1.95. The van der Waals surface area contributed by atoms with E-state index in [1.165, 1.54) is 10.4 Å². The van der Waals surface area contributed by atoms with Gasteiger partial charge in [-0.2, -0.15) is 5.11 Å². The number of azo groups is 1. The smallest absolute Gasteiger partial charge is 0.195 e. The van der Waals surface area contributed by atoms with Crippen molar-refractivity contribution in [1.29, 1.82) is 0 Å². The van der Waals surface area contributed by atoms with Gasteiger partial charge in [-0.25, -0.2) is 9.97 Å². The predicted octanol–water partition coefficient (Wildman–Crippen LogP) is 4.65. The van der Waals surface area contributed by atoms with Crippen LogP contribution in [0.2, 0.25) is 0 Å². The molecule has 0 aliphatic heterocycles. The molecule has 0 radical (unpaired) electrons. The van der Waals surface area contributed by atoms with Gasteiger partial charge in [0, 0.05) is 4.88 Å². The average molecular weight is 288 g/mol. The maximum absolute atomic E-state index is 4.27. The number of aryl methyl sites for hydroxylation is 2. The number of hydrogen-bond donors (Lipinski definition) is 0. The van der Waals surface area contributed by atoms with Crippen molar-refractivity contribution in [3.63, 3.8) is 0 Å². The minimum atomic E-state index is 0.610. The number of rotatable bonds is 3. The SMILES string of the molecule is Cc1ccsc1CN=Nc1ncnc2c(C)csc12. The molecule has 0 aliphatic carbocycles. The van der Waals surface area contributed by atoms with Crippen molar-refractivity contribution in [2.45, 2.75) is 20.4 Å². The van der Waals surface area contributed by atoms with Crippen molar-refractivity contribution < 1.29 is 0 Å². The highest BCUT2D eigenvalue weighted by Crippen LogP contribution is 2.30. The summed E-state index contributed by atoms with van der Waals surface area (Å²) >= 11 is 3.32. The molecule has 0 bridgehead atoms. The molecule has 3 rings (SSSR count). The minimum Gasteiger partial charge on any atom is -0.235 e. The molecule has 3 aromatic rings. The Labute approximate surface area is 118 Å². The summed E-state index contributed by atoms with van der Waals surface area (Å²) in [5.74, 6) is 0.664. The summed E-state index contributed by atoms with van der Waals surface area (Å²) in [4.78, 5) is 9.72. The van der Waals surface area contributed by atoms with Crippen LogP contribution in [-0.2, 0) is 6.54 Å². The molecule has 0 unspecified atom stereocenters. The zero-order valence-electron chi connectivity index (χ0n) is 10.6. The summed E-state index contributed by atoms with van der Waals surface area (Å²) < 4.78 is 1.01. The van der Waals surface area contributed by atoms with E-state index in [1.807, 2.05) is 6.92 Å². The van der Waals surface area contributed by atoms with E-state index < -0.39 is 0 Å². The van der Waals surface area contributed by atoms with Crippen LogP contribution in [0.1, 0.15) is 16.0 Å². The lowest BCUT2D eigenvalue weighted by molar-refractivity contribution is 0.958. The third-order valence-electron chi connectivity index (χ3n) is 2.86. The van der Waals surface area contributed by atoms with Gasteiger partial charge in [-0.15, -0.1) is 27.8 Å². The van der Waals surface area contributed by atoms with E-state index in [0.717, 1.165) is 15.8 Å². The maximum atomic E-state index is 4.27. The number of thiophene rings is 2. The first kappa shape index (κ1) is 12.4. The Morgan fingerprint density at radius 3 is 2.84 bits per heavy atom. The quantitative estimate of drug-likeness (QED) is 0.658. The highest BCUT2D eigenvalue weighted by molar-refractivity contribution is 7.17. The van der Waals surface area contributed by atoms with E-state index in [4.69, 9.17) is 0 Å². The molecular weight excluding hydrogens is 276 g/mol. The Bertz CT molecular complexity index is 742. The number of fused-ring (bicyclic) bond motifs is 1. The fourth-order valence-electron chi connectivity index (χ4n) is 1.76. The topological polar surface area (TPSA) is 50.5 Å². The molecule has 0 aliphatic rings. The van der Waals surface area contributed by atoms with Crippen molar-refractivity contribution in [2.75, 3.05) is 0 Å². The highest BCUT2D eigenvalue weighted by atomic mass is 32.1. The molecule has 0 fully saturated rings. The summed E-state index contributed by atoms with van der Waals surface area (Å²) in [5, 5.41) is 12.7. The second kappa shape index (κ2) is 5.14. The van der Waals surface area contributed by atoms with Gasteiger partial charge in [0.05, 0.1) is 16.8 Å². The van der Waals surface area contributed by atoms with E-state index in [0.29, 0.717) is 12.4 Å². The second-order valence-corrected chi connectivity index (χ2v) is 6.10. The molecule has 0 spiro atoms. The highest BCUT2D eigenvalue weighted by Gasteiger charge is 2.07. The molecule has 0 N–H and O–H groups in total. The molecule has 0 aromatic carbocycles. The molecule has 0 amide bonds. The largest absolute Gasteiger partial charge is 0.235 e. The molecule has 4 nitrogen and oxygen atoms in total. The molecule has 0 saturated heterocycles. The normalized spacial score (nSPS) is 11.7. The van der Waals surface area contributed by atoms with Gasteiger partial charge in [-0.1, -0.05) is 0 Å². The summed E-state index contributed by atoms with van der Waals surface area (Å²) in [7, 11) is 0. The van der Waals surface area contributed by atoms with Crippen LogP contribution in [0.5, 0.6) is 0 Å². The van der Waals surface area contributed by atoms with E-state index in [-0.39, 0.29) is 0 Å². The van der Waals surface area contributed by atoms with Crippen LogP contribution in [-0.4, -0.2) is 9.97 Å². The van der Waals surface area contributed by atoms with Gasteiger partial charge in [0.1, 0.15) is 6.33 Å². The fraction of sp³-hybridized carbons (Fsp3) is 0.231. The second-order valence-electron chi connectivity index (χ2n) is 4.22. The van der Waals surface area contributed by atoms with Gasteiger partial charge < -0.3 is 0 Å². The molecule has 3 heterocycles. The predicted molar refractivity (Wildman–Crippen MR) is 79.4 cm³/mol. The first-order valence-corrected chi connectivity index (χ1v) is 7.61.